The number of anilines is 3. The Labute approximate surface area is 166 Å². The zero-order valence-electron chi connectivity index (χ0n) is 16.7. The first-order chi connectivity index (χ1) is 13.4. The fourth-order valence-corrected chi connectivity index (χ4v) is 3.32. The van der Waals surface area contributed by atoms with Gasteiger partial charge >= 0.3 is 6.03 Å². The van der Waals surface area contributed by atoms with Gasteiger partial charge in [-0.3, -0.25) is 4.79 Å². The van der Waals surface area contributed by atoms with E-state index in [1.165, 1.54) is 18.2 Å². The molecule has 3 amide bonds. The normalized spacial score (nSPS) is 14.1. The molecule has 1 aliphatic rings. The Bertz CT molecular complexity index is 825. The lowest BCUT2D eigenvalue weighted by Gasteiger charge is -2.36. The number of hydrogen-bond donors (Lipinski definition) is 2. The van der Waals surface area contributed by atoms with Gasteiger partial charge in [-0.1, -0.05) is 32.0 Å². The maximum atomic E-state index is 12.6. The molecule has 6 nitrogen and oxygen atoms in total. The predicted octanol–water partition coefficient (Wildman–Crippen LogP) is 4.12. The van der Waals surface area contributed by atoms with Crippen LogP contribution in [0.2, 0.25) is 0 Å². The van der Waals surface area contributed by atoms with E-state index in [0.717, 1.165) is 13.1 Å². The molecular weight excluding hydrogens is 352 g/mol. The van der Waals surface area contributed by atoms with Crippen molar-refractivity contribution >= 4 is 29.0 Å². The van der Waals surface area contributed by atoms with Gasteiger partial charge in [0.05, 0.1) is 0 Å². The van der Waals surface area contributed by atoms with Crippen molar-refractivity contribution in [2.45, 2.75) is 26.7 Å². The SMILES string of the molecule is CC(=O)Nc1cccc(NC(=O)N2CCN(c3ccc(C(C)C)cc3)CC2)c1. The number of hydrogen-bond acceptors (Lipinski definition) is 3. The standard InChI is InChI=1S/C22H28N4O2/c1-16(2)18-7-9-21(10-8-18)25-11-13-26(14-12-25)22(28)24-20-6-4-5-19(15-20)23-17(3)27/h4-10,15-16H,11-14H2,1-3H3,(H,23,27)(H,24,28). The van der Waals surface area contributed by atoms with Gasteiger partial charge in [-0.05, 0) is 41.8 Å². The predicted molar refractivity (Wildman–Crippen MR) is 114 cm³/mol. The lowest BCUT2D eigenvalue weighted by Crippen LogP contribution is -2.50. The van der Waals surface area contributed by atoms with Gasteiger partial charge in [0.25, 0.3) is 0 Å². The molecule has 0 aliphatic carbocycles. The van der Waals surface area contributed by atoms with E-state index in [1.807, 2.05) is 11.0 Å². The van der Waals surface area contributed by atoms with E-state index in [4.69, 9.17) is 0 Å². The number of nitrogens with one attached hydrogen (secondary N) is 2. The first kappa shape index (κ1) is 19.7. The summed E-state index contributed by atoms with van der Waals surface area (Å²) in [6, 6.07) is 15.7. The Balaban J connectivity index is 1.54. The van der Waals surface area contributed by atoms with E-state index >= 15 is 0 Å². The summed E-state index contributed by atoms with van der Waals surface area (Å²) in [7, 11) is 0. The number of amides is 3. The van der Waals surface area contributed by atoms with Crippen LogP contribution >= 0.6 is 0 Å². The summed E-state index contributed by atoms with van der Waals surface area (Å²) in [5, 5.41) is 5.64. The zero-order valence-corrected chi connectivity index (χ0v) is 16.7. The highest BCUT2D eigenvalue weighted by molar-refractivity contribution is 5.92. The van der Waals surface area contributed by atoms with Crippen LogP contribution in [-0.4, -0.2) is 43.0 Å². The van der Waals surface area contributed by atoms with Gasteiger partial charge < -0.3 is 20.4 Å². The molecule has 0 aromatic heterocycles. The number of rotatable bonds is 4. The van der Waals surface area contributed by atoms with Crippen molar-refractivity contribution in [2.24, 2.45) is 0 Å². The molecule has 2 aromatic carbocycles. The van der Waals surface area contributed by atoms with Gasteiger partial charge in [-0.25, -0.2) is 4.79 Å². The Hall–Kier alpha value is -3.02. The monoisotopic (exact) mass is 380 g/mol. The molecule has 6 heteroatoms. The Morgan fingerprint density at radius 2 is 1.50 bits per heavy atom. The zero-order chi connectivity index (χ0) is 20.1. The van der Waals surface area contributed by atoms with E-state index in [9.17, 15) is 9.59 Å². The summed E-state index contributed by atoms with van der Waals surface area (Å²) in [5.74, 6) is 0.389. The van der Waals surface area contributed by atoms with Crippen LogP contribution in [0.3, 0.4) is 0 Å². The number of urea groups is 1. The van der Waals surface area contributed by atoms with E-state index in [1.54, 1.807) is 18.2 Å². The van der Waals surface area contributed by atoms with Gasteiger partial charge in [-0.2, -0.15) is 0 Å². The number of carbonyl (C=O) groups excluding carboxylic acids is 2. The maximum Gasteiger partial charge on any atom is 0.321 e. The highest BCUT2D eigenvalue weighted by atomic mass is 16.2. The molecule has 1 heterocycles. The average Bonchev–Trinajstić information content (AvgIpc) is 2.68. The topological polar surface area (TPSA) is 64.7 Å². The third kappa shape index (κ3) is 5.03. The molecule has 1 aliphatic heterocycles. The van der Waals surface area contributed by atoms with Crippen molar-refractivity contribution in [2.75, 3.05) is 41.7 Å². The molecule has 1 fully saturated rings. The fraction of sp³-hybridized carbons (Fsp3) is 0.364. The average molecular weight is 380 g/mol. The third-order valence-electron chi connectivity index (χ3n) is 4.93. The van der Waals surface area contributed by atoms with Crippen LogP contribution in [0.1, 0.15) is 32.3 Å². The molecule has 0 unspecified atom stereocenters. The lowest BCUT2D eigenvalue weighted by molar-refractivity contribution is -0.114. The number of nitrogens with zero attached hydrogens (tertiary/aromatic N) is 2. The smallest absolute Gasteiger partial charge is 0.321 e. The molecule has 2 N–H and O–H groups in total. The van der Waals surface area contributed by atoms with Gasteiger partial charge in [0, 0.05) is 50.2 Å². The van der Waals surface area contributed by atoms with Crippen LogP contribution in [0.4, 0.5) is 21.9 Å². The van der Waals surface area contributed by atoms with Crippen molar-refractivity contribution < 1.29 is 9.59 Å². The summed E-state index contributed by atoms with van der Waals surface area (Å²) in [5.41, 5.74) is 3.87. The molecule has 148 valence electrons. The molecule has 3 rings (SSSR count). The van der Waals surface area contributed by atoms with Gasteiger partial charge in [-0.15, -0.1) is 0 Å². The highest BCUT2D eigenvalue weighted by Gasteiger charge is 2.21. The summed E-state index contributed by atoms with van der Waals surface area (Å²) < 4.78 is 0. The number of carbonyl (C=O) groups is 2. The largest absolute Gasteiger partial charge is 0.368 e. The first-order valence-electron chi connectivity index (χ1n) is 9.71. The van der Waals surface area contributed by atoms with E-state index in [0.29, 0.717) is 30.4 Å². The number of piperazine rings is 1. The first-order valence-corrected chi connectivity index (χ1v) is 9.71. The second-order valence-electron chi connectivity index (χ2n) is 7.41. The molecule has 0 spiro atoms. The Kier molecular flexibility index (Phi) is 6.19. The summed E-state index contributed by atoms with van der Waals surface area (Å²) in [6.07, 6.45) is 0. The molecule has 28 heavy (non-hydrogen) atoms. The van der Waals surface area contributed by atoms with Crippen LogP contribution in [0, 0.1) is 0 Å². The van der Waals surface area contributed by atoms with Crippen LogP contribution in [0.5, 0.6) is 0 Å². The van der Waals surface area contributed by atoms with Gasteiger partial charge in [0.2, 0.25) is 5.91 Å². The molecule has 0 saturated carbocycles. The Morgan fingerprint density at radius 3 is 2.07 bits per heavy atom. The van der Waals surface area contributed by atoms with Crippen molar-refractivity contribution in [1.82, 2.24) is 4.90 Å². The van der Waals surface area contributed by atoms with Crippen LogP contribution < -0.4 is 15.5 Å². The third-order valence-corrected chi connectivity index (χ3v) is 4.93. The van der Waals surface area contributed by atoms with Crippen LogP contribution in [0.15, 0.2) is 48.5 Å². The molecule has 0 atom stereocenters. The van der Waals surface area contributed by atoms with E-state index < -0.39 is 0 Å². The molecule has 0 radical (unpaired) electrons. The van der Waals surface area contributed by atoms with Crippen molar-refractivity contribution in [3.63, 3.8) is 0 Å². The minimum atomic E-state index is -0.138. The summed E-state index contributed by atoms with van der Waals surface area (Å²) in [4.78, 5) is 27.9. The minimum Gasteiger partial charge on any atom is -0.368 e. The van der Waals surface area contributed by atoms with Crippen molar-refractivity contribution in [3.8, 4) is 0 Å². The second kappa shape index (κ2) is 8.78. The fourth-order valence-electron chi connectivity index (χ4n) is 3.32. The molecular formula is C22H28N4O2. The molecule has 2 aromatic rings. The van der Waals surface area contributed by atoms with Crippen molar-refractivity contribution in [1.29, 1.82) is 0 Å². The Morgan fingerprint density at radius 1 is 0.893 bits per heavy atom. The van der Waals surface area contributed by atoms with Crippen LogP contribution in [-0.2, 0) is 4.79 Å². The second-order valence-corrected chi connectivity index (χ2v) is 7.41. The maximum absolute atomic E-state index is 12.6. The highest BCUT2D eigenvalue weighted by Crippen LogP contribution is 2.22. The molecule has 0 bridgehead atoms. The number of benzene rings is 2. The van der Waals surface area contributed by atoms with E-state index in [2.05, 4.69) is 53.6 Å². The summed E-state index contributed by atoms with van der Waals surface area (Å²) in [6.45, 7) is 8.80. The quantitative estimate of drug-likeness (QED) is 0.838. The molecule has 1 saturated heterocycles. The van der Waals surface area contributed by atoms with Crippen LogP contribution in [0.25, 0.3) is 0 Å². The van der Waals surface area contributed by atoms with Crippen molar-refractivity contribution in [3.05, 3.63) is 54.1 Å². The summed E-state index contributed by atoms with van der Waals surface area (Å²) >= 11 is 0. The minimum absolute atomic E-state index is 0.116. The van der Waals surface area contributed by atoms with Gasteiger partial charge in [0.1, 0.15) is 0 Å². The van der Waals surface area contributed by atoms with Gasteiger partial charge in [0.15, 0.2) is 0 Å². The van der Waals surface area contributed by atoms with E-state index in [-0.39, 0.29) is 11.9 Å². The lowest BCUT2D eigenvalue weighted by atomic mass is 10.0.